The number of hydrogen-bond acceptors (Lipinski definition) is 5. The molecule has 120 valence electrons. The van der Waals surface area contributed by atoms with Crippen LogP contribution in [0.5, 0.6) is 0 Å². The molecular weight excluding hydrogens is 318 g/mol. The van der Waals surface area contributed by atoms with Crippen molar-refractivity contribution in [3.63, 3.8) is 0 Å². The zero-order valence-corrected chi connectivity index (χ0v) is 14.0. The van der Waals surface area contributed by atoms with Crippen molar-refractivity contribution in [2.24, 2.45) is 0 Å². The number of anilines is 1. The van der Waals surface area contributed by atoms with Crippen molar-refractivity contribution in [1.82, 2.24) is 19.9 Å². The second kappa shape index (κ2) is 5.56. The first-order valence-electron chi connectivity index (χ1n) is 8.31. The summed E-state index contributed by atoms with van der Waals surface area (Å²) in [4.78, 5) is 19.5. The van der Waals surface area contributed by atoms with Gasteiger partial charge in [0.2, 0.25) is 0 Å². The zero-order valence-electron chi connectivity index (χ0n) is 13.2. The molecule has 0 bridgehead atoms. The highest BCUT2D eigenvalue weighted by Crippen LogP contribution is 2.38. The third-order valence-corrected chi connectivity index (χ3v) is 5.79. The lowest BCUT2D eigenvalue weighted by atomic mass is 10.2. The van der Waals surface area contributed by atoms with Crippen molar-refractivity contribution < 1.29 is 0 Å². The van der Waals surface area contributed by atoms with E-state index in [0.717, 1.165) is 46.9 Å². The van der Waals surface area contributed by atoms with Gasteiger partial charge in [-0.2, -0.15) is 0 Å². The van der Waals surface area contributed by atoms with Crippen LogP contribution in [0.3, 0.4) is 0 Å². The van der Waals surface area contributed by atoms with Crippen molar-refractivity contribution in [3.8, 4) is 0 Å². The first-order valence-corrected chi connectivity index (χ1v) is 9.13. The van der Waals surface area contributed by atoms with Gasteiger partial charge in [-0.3, -0.25) is 0 Å². The summed E-state index contributed by atoms with van der Waals surface area (Å²) in [5, 5.41) is 4.73. The van der Waals surface area contributed by atoms with Crippen molar-refractivity contribution in [1.29, 1.82) is 0 Å². The summed E-state index contributed by atoms with van der Waals surface area (Å²) in [5.74, 6) is 1.97. The zero-order chi connectivity index (χ0) is 15.9. The van der Waals surface area contributed by atoms with Crippen molar-refractivity contribution in [3.05, 3.63) is 46.9 Å². The highest BCUT2D eigenvalue weighted by atomic mass is 32.1. The van der Waals surface area contributed by atoms with Crippen LogP contribution in [-0.2, 0) is 19.3 Å². The van der Waals surface area contributed by atoms with Gasteiger partial charge in [0, 0.05) is 17.8 Å². The molecule has 0 fully saturated rings. The first kappa shape index (κ1) is 13.9. The molecule has 3 aromatic heterocycles. The summed E-state index contributed by atoms with van der Waals surface area (Å²) in [7, 11) is 0. The van der Waals surface area contributed by atoms with E-state index in [2.05, 4.69) is 31.3 Å². The summed E-state index contributed by atoms with van der Waals surface area (Å²) in [5.41, 5.74) is 3.57. The molecule has 1 aliphatic rings. The van der Waals surface area contributed by atoms with Gasteiger partial charge in [-0.15, -0.1) is 11.3 Å². The van der Waals surface area contributed by atoms with E-state index in [9.17, 15) is 0 Å². The highest BCUT2D eigenvalue weighted by molar-refractivity contribution is 7.19. The molecular formula is C18H17N5S. The number of aromatic amines is 1. The molecule has 5 nitrogen and oxygen atoms in total. The van der Waals surface area contributed by atoms with Crippen LogP contribution in [0.15, 0.2) is 30.6 Å². The van der Waals surface area contributed by atoms with Gasteiger partial charge in [0.25, 0.3) is 0 Å². The minimum Gasteiger partial charge on any atom is -0.369 e. The third kappa shape index (κ3) is 2.26. The lowest BCUT2D eigenvalue weighted by Crippen LogP contribution is -2.08. The van der Waals surface area contributed by atoms with Gasteiger partial charge in [-0.25, -0.2) is 15.0 Å². The van der Waals surface area contributed by atoms with Crippen LogP contribution in [-0.4, -0.2) is 26.5 Å². The minimum absolute atomic E-state index is 0.802. The number of aryl methyl sites for hydroxylation is 2. The maximum Gasteiger partial charge on any atom is 0.138 e. The molecule has 0 spiro atoms. The number of hydrogen-bond donors (Lipinski definition) is 2. The molecule has 0 aliphatic heterocycles. The number of thiophene rings is 1. The fourth-order valence-corrected chi connectivity index (χ4v) is 4.71. The normalized spacial score (nSPS) is 13.7. The average Bonchev–Trinajstić information content (AvgIpc) is 3.27. The number of rotatable bonds is 4. The van der Waals surface area contributed by atoms with E-state index in [0.29, 0.717) is 0 Å². The van der Waals surface area contributed by atoms with E-state index in [1.165, 1.54) is 28.7 Å². The Hall–Kier alpha value is -2.47. The summed E-state index contributed by atoms with van der Waals surface area (Å²) in [6.07, 6.45) is 6.10. The van der Waals surface area contributed by atoms with E-state index in [1.54, 1.807) is 6.33 Å². The summed E-state index contributed by atoms with van der Waals surface area (Å²) in [6, 6.07) is 8.13. The predicted molar refractivity (Wildman–Crippen MR) is 97.7 cm³/mol. The first-order chi connectivity index (χ1) is 11.9. The fraction of sp³-hybridized carbons (Fsp3) is 0.278. The number of H-pyrrole nitrogens is 1. The van der Waals surface area contributed by atoms with Crippen LogP contribution in [0, 0.1) is 0 Å². The second-order valence-electron chi connectivity index (χ2n) is 6.14. The van der Waals surface area contributed by atoms with Crippen molar-refractivity contribution in [2.45, 2.75) is 25.7 Å². The van der Waals surface area contributed by atoms with E-state index >= 15 is 0 Å². The number of para-hydroxylation sites is 2. The van der Waals surface area contributed by atoms with Crippen LogP contribution in [0.4, 0.5) is 5.82 Å². The number of imidazole rings is 1. The number of nitrogens with one attached hydrogen (secondary N) is 2. The number of nitrogens with zero attached hydrogens (tertiary/aromatic N) is 3. The van der Waals surface area contributed by atoms with Gasteiger partial charge in [-0.05, 0) is 37.0 Å². The summed E-state index contributed by atoms with van der Waals surface area (Å²) >= 11 is 1.82. The molecule has 0 amide bonds. The van der Waals surface area contributed by atoms with Gasteiger partial charge < -0.3 is 10.3 Å². The monoisotopic (exact) mass is 335 g/mol. The molecule has 1 aromatic carbocycles. The molecule has 0 saturated heterocycles. The van der Waals surface area contributed by atoms with Gasteiger partial charge in [-0.1, -0.05) is 12.1 Å². The molecule has 0 saturated carbocycles. The van der Waals surface area contributed by atoms with Gasteiger partial charge in [0.15, 0.2) is 0 Å². The number of fused-ring (bicyclic) bond motifs is 4. The number of benzene rings is 1. The molecule has 6 heteroatoms. The average molecular weight is 335 g/mol. The van der Waals surface area contributed by atoms with Crippen molar-refractivity contribution >= 4 is 38.4 Å². The Morgan fingerprint density at radius 2 is 2.12 bits per heavy atom. The quantitative estimate of drug-likeness (QED) is 0.596. The summed E-state index contributed by atoms with van der Waals surface area (Å²) in [6.45, 7) is 0.802. The standard InChI is InChI=1S/C18H17N5S/c1-2-6-13-12(5-1)22-15(23-13)8-9-19-17-16-11-4-3-7-14(11)24-18(16)21-10-20-17/h1-2,5-6,10H,3-4,7-9H2,(H,22,23)(H,19,20,21). The largest absolute Gasteiger partial charge is 0.369 e. The van der Waals surface area contributed by atoms with Gasteiger partial charge >= 0.3 is 0 Å². The molecule has 2 N–H and O–H groups in total. The van der Waals surface area contributed by atoms with E-state index in [1.807, 2.05) is 29.5 Å². The Morgan fingerprint density at radius 1 is 1.17 bits per heavy atom. The third-order valence-electron chi connectivity index (χ3n) is 4.59. The Kier molecular flexibility index (Phi) is 3.23. The van der Waals surface area contributed by atoms with Crippen molar-refractivity contribution in [2.75, 3.05) is 11.9 Å². The lowest BCUT2D eigenvalue weighted by Gasteiger charge is -2.06. The van der Waals surface area contributed by atoms with Gasteiger partial charge in [0.05, 0.1) is 16.4 Å². The fourth-order valence-electron chi connectivity index (χ4n) is 3.49. The maximum atomic E-state index is 4.63. The van der Waals surface area contributed by atoms with Gasteiger partial charge in [0.1, 0.15) is 22.8 Å². The maximum absolute atomic E-state index is 4.63. The SMILES string of the molecule is c1ccc2[nH]c(CCNc3ncnc4sc5c(c34)CCC5)nc2c1. The van der Waals surface area contributed by atoms with Crippen LogP contribution < -0.4 is 5.32 Å². The topological polar surface area (TPSA) is 66.5 Å². The Bertz CT molecular complexity index is 999. The minimum atomic E-state index is 0.802. The predicted octanol–water partition coefficient (Wildman–Crippen LogP) is 3.71. The smallest absolute Gasteiger partial charge is 0.138 e. The molecule has 0 atom stereocenters. The summed E-state index contributed by atoms with van der Waals surface area (Å²) < 4.78 is 0. The molecule has 5 rings (SSSR count). The number of aromatic nitrogens is 4. The lowest BCUT2D eigenvalue weighted by molar-refractivity contribution is 0.915. The molecule has 0 radical (unpaired) electrons. The Balaban J connectivity index is 1.37. The molecule has 0 unspecified atom stereocenters. The van der Waals surface area contributed by atoms with E-state index < -0.39 is 0 Å². The highest BCUT2D eigenvalue weighted by Gasteiger charge is 2.20. The van der Waals surface area contributed by atoms with Crippen LogP contribution in [0.1, 0.15) is 22.7 Å². The molecule has 1 aliphatic carbocycles. The Morgan fingerprint density at radius 3 is 3.08 bits per heavy atom. The van der Waals surface area contributed by atoms with E-state index in [-0.39, 0.29) is 0 Å². The Labute approximate surface area is 143 Å². The van der Waals surface area contributed by atoms with Crippen LogP contribution in [0.25, 0.3) is 21.3 Å². The van der Waals surface area contributed by atoms with Crippen LogP contribution >= 0.6 is 11.3 Å². The van der Waals surface area contributed by atoms with Crippen LogP contribution in [0.2, 0.25) is 0 Å². The molecule has 4 aromatic rings. The van der Waals surface area contributed by atoms with E-state index in [4.69, 9.17) is 0 Å². The molecule has 3 heterocycles. The molecule has 24 heavy (non-hydrogen) atoms. The second-order valence-corrected chi connectivity index (χ2v) is 7.22.